The Kier molecular flexibility index (Phi) is 2.62. The summed E-state index contributed by atoms with van der Waals surface area (Å²) >= 11 is 0. The van der Waals surface area contributed by atoms with Crippen molar-refractivity contribution in [3.8, 4) is 0 Å². The van der Waals surface area contributed by atoms with Crippen molar-refractivity contribution in [2.45, 2.75) is 12.6 Å². The Labute approximate surface area is 138 Å². The molecule has 5 rings (SSSR count). The molecule has 5 nitrogen and oxygen atoms in total. The van der Waals surface area contributed by atoms with Crippen molar-refractivity contribution in [3.63, 3.8) is 0 Å². The van der Waals surface area contributed by atoms with Gasteiger partial charge in [-0.05, 0) is 30.2 Å². The van der Waals surface area contributed by atoms with Gasteiger partial charge in [0.1, 0.15) is 0 Å². The van der Waals surface area contributed by atoms with Crippen LogP contribution in [0, 0.1) is 0 Å². The van der Waals surface area contributed by atoms with E-state index < -0.39 is 6.17 Å². The highest BCUT2D eigenvalue weighted by molar-refractivity contribution is 6.05. The van der Waals surface area contributed by atoms with Crippen LogP contribution in [0.2, 0.25) is 0 Å². The summed E-state index contributed by atoms with van der Waals surface area (Å²) in [4.78, 5) is 31.7. The maximum atomic E-state index is 12.9. The van der Waals surface area contributed by atoms with Crippen molar-refractivity contribution in [1.82, 2.24) is 9.88 Å². The molecule has 3 heterocycles. The first-order valence-electron chi connectivity index (χ1n) is 8.02. The molecular weight excluding hydrogens is 302 g/mol. The summed E-state index contributed by atoms with van der Waals surface area (Å²) in [6, 6.07) is 15.4. The molecule has 0 saturated carbocycles. The zero-order valence-corrected chi connectivity index (χ0v) is 12.9. The lowest BCUT2D eigenvalue weighted by Gasteiger charge is -2.44. The predicted octanol–water partition coefficient (Wildman–Crippen LogP) is 2.84. The number of hydrogen-bond donors (Lipinski definition) is 1. The van der Waals surface area contributed by atoms with Gasteiger partial charge in [0.2, 0.25) is 6.41 Å². The van der Waals surface area contributed by atoms with Crippen LogP contribution in [-0.4, -0.2) is 28.7 Å². The number of H-pyrrole nitrogens is 1. The largest absolute Gasteiger partial charge is 0.355 e. The molecule has 0 unspecified atom stereocenters. The Balaban J connectivity index is 1.77. The monoisotopic (exact) mass is 317 g/mol. The molecule has 2 aliphatic heterocycles. The Morgan fingerprint density at radius 1 is 1.08 bits per heavy atom. The lowest BCUT2D eigenvalue weighted by molar-refractivity contribution is -0.108. The zero-order chi connectivity index (χ0) is 16.3. The molecule has 0 saturated heterocycles. The van der Waals surface area contributed by atoms with Crippen LogP contribution < -0.4 is 4.90 Å². The number of amides is 2. The summed E-state index contributed by atoms with van der Waals surface area (Å²) in [5.74, 6) is -0.0157. The Morgan fingerprint density at radius 3 is 2.75 bits per heavy atom. The molecule has 1 aromatic heterocycles. The number of nitrogens with one attached hydrogen (secondary N) is 1. The molecule has 0 bridgehead atoms. The minimum atomic E-state index is -0.402. The van der Waals surface area contributed by atoms with Crippen LogP contribution in [0.3, 0.4) is 0 Å². The van der Waals surface area contributed by atoms with E-state index in [4.69, 9.17) is 0 Å². The smallest absolute Gasteiger partial charge is 0.257 e. The number of rotatable bonds is 1. The molecule has 2 aliphatic rings. The lowest BCUT2D eigenvalue weighted by Crippen LogP contribution is -2.51. The van der Waals surface area contributed by atoms with Gasteiger partial charge in [-0.1, -0.05) is 30.3 Å². The van der Waals surface area contributed by atoms with Crippen LogP contribution in [0.15, 0.2) is 48.5 Å². The Hall–Kier alpha value is -3.08. The second kappa shape index (κ2) is 4.71. The van der Waals surface area contributed by atoms with Gasteiger partial charge in [-0.2, -0.15) is 0 Å². The number of carbonyl (C=O) groups is 2. The Bertz CT molecular complexity index is 991. The number of benzene rings is 2. The second-order valence-corrected chi connectivity index (χ2v) is 6.21. The standard InChI is InChI=1S/C19H15N3O2/c23-11-22-16-8-4-2-6-14(16)19(24)21-10-9-13-12-5-1-3-7-15(12)20-17(13)18(21)22/h1-8,11,18,20H,9-10H2/t18-/m0/s1. The van der Waals surface area contributed by atoms with Crippen LogP contribution in [0.5, 0.6) is 0 Å². The first kappa shape index (κ1) is 13.4. The summed E-state index contributed by atoms with van der Waals surface area (Å²) in [5, 5.41) is 1.17. The van der Waals surface area contributed by atoms with Crippen LogP contribution in [0.1, 0.15) is 27.8 Å². The minimum Gasteiger partial charge on any atom is -0.355 e. The van der Waals surface area contributed by atoms with Crippen LogP contribution in [0.4, 0.5) is 5.69 Å². The van der Waals surface area contributed by atoms with Crippen molar-refractivity contribution in [2.24, 2.45) is 0 Å². The molecule has 2 amide bonds. The van der Waals surface area contributed by atoms with Gasteiger partial charge in [-0.25, -0.2) is 0 Å². The van der Waals surface area contributed by atoms with E-state index >= 15 is 0 Å². The third-order valence-corrected chi connectivity index (χ3v) is 5.05. The van der Waals surface area contributed by atoms with Crippen molar-refractivity contribution in [2.75, 3.05) is 11.4 Å². The zero-order valence-electron chi connectivity index (χ0n) is 12.9. The van der Waals surface area contributed by atoms with E-state index in [1.165, 1.54) is 10.9 Å². The lowest BCUT2D eigenvalue weighted by atomic mass is 9.96. The van der Waals surface area contributed by atoms with Crippen LogP contribution >= 0.6 is 0 Å². The third kappa shape index (κ3) is 1.58. The molecule has 24 heavy (non-hydrogen) atoms. The topological polar surface area (TPSA) is 56.4 Å². The van der Waals surface area contributed by atoms with Crippen molar-refractivity contribution in [3.05, 3.63) is 65.4 Å². The molecule has 1 N–H and O–H groups in total. The fourth-order valence-electron chi connectivity index (χ4n) is 4.00. The fraction of sp³-hybridized carbons (Fsp3) is 0.158. The maximum Gasteiger partial charge on any atom is 0.257 e. The molecule has 3 aromatic rings. The van der Waals surface area contributed by atoms with E-state index in [0.717, 1.165) is 24.0 Å². The van der Waals surface area contributed by atoms with Crippen molar-refractivity contribution >= 4 is 28.9 Å². The molecule has 0 radical (unpaired) electrons. The highest BCUT2D eigenvalue weighted by atomic mass is 16.2. The number of aromatic amines is 1. The Morgan fingerprint density at radius 2 is 1.88 bits per heavy atom. The normalized spacial score (nSPS) is 19.0. The maximum absolute atomic E-state index is 12.9. The van der Waals surface area contributed by atoms with Gasteiger partial charge in [0, 0.05) is 17.4 Å². The molecule has 0 spiro atoms. The minimum absolute atomic E-state index is 0.0157. The first-order chi connectivity index (χ1) is 11.8. The SMILES string of the molecule is O=CN1c2ccccc2C(=O)N2CCc3c([nH]c4ccccc34)[C@@H]21. The van der Waals surface area contributed by atoms with Gasteiger partial charge in [0.15, 0.2) is 6.17 Å². The van der Waals surface area contributed by atoms with E-state index in [2.05, 4.69) is 11.1 Å². The number of carbonyl (C=O) groups excluding carboxylic acids is 2. The van der Waals surface area contributed by atoms with Gasteiger partial charge in [-0.15, -0.1) is 0 Å². The van der Waals surface area contributed by atoms with Crippen LogP contribution in [0.25, 0.3) is 10.9 Å². The van der Waals surface area contributed by atoms with E-state index in [1.807, 2.05) is 36.4 Å². The van der Waals surface area contributed by atoms with E-state index in [9.17, 15) is 9.59 Å². The fourth-order valence-corrected chi connectivity index (χ4v) is 4.00. The number of para-hydroxylation sites is 2. The molecule has 118 valence electrons. The van der Waals surface area contributed by atoms with Crippen molar-refractivity contribution < 1.29 is 9.59 Å². The third-order valence-electron chi connectivity index (χ3n) is 5.05. The van der Waals surface area contributed by atoms with Crippen LogP contribution in [-0.2, 0) is 11.2 Å². The number of nitrogens with zero attached hydrogens (tertiary/aromatic N) is 2. The second-order valence-electron chi connectivity index (χ2n) is 6.21. The molecule has 0 aliphatic carbocycles. The van der Waals surface area contributed by atoms with Gasteiger partial charge in [0.05, 0.1) is 16.9 Å². The number of hydrogen-bond acceptors (Lipinski definition) is 2. The average molecular weight is 317 g/mol. The van der Waals surface area contributed by atoms with Crippen molar-refractivity contribution in [1.29, 1.82) is 0 Å². The van der Waals surface area contributed by atoms with E-state index in [1.54, 1.807) is 15.9 Å². The first-order valence-corrected chi connectivity index (χ1v) is 8.02. The summed E-state index contributed by atoms with van der Waals surface area (Å²) in [6.07, 6.45) is 1.21. The summed E-state index contributed by atoms with van der Waals surface area (Å²) in [5.41, 5.74) is 4.44. The molecule has 1 atom stereocenters. The predicted molar refractivity (Wildman–Crippen MR) is 90.8 cm³/mol. The quantitative estimate of drug-likeness (QED) is 0.702. The van der Waals surface area contributed by atoms with Gasteiger partial charge in [-0.3, -0.25) is 14.5 Å². The highest BCUT2D eigenvalue weighted by Crippen LogP contribution is 2.42. The number of anilines is 1. The number of fused-ring (bicyclic) bond motifs is 6. The molecule has 2 aromatic carbocycles. The molecule has 0 fully saturated rings. The summed E-state index contributed by atoms with van der Waals surface area (Å²) in [6.45, 7) is 0.608. The molecule has 5 heteroatoms. The van der Waals surface area contributed by atoms with E-state index in [-0.39, 0.29) is 5.91 Å². The average Bonchev–Trinajstić information content (AvgIpc) is 3.01. The van der Waals surface area contributed by atoms with E-state index in [0.29, 0.717) is 17.8 Å². The summed E-state index contributed by atoms with van der Waals surface area (Å²) < 4.78 is 0. The highest BCUT2D eigenvalue weighted by Gasteiger charge is 2.42. The number of aromatic nitrogens is 1. The van der Waals surface area contributed by atoms with Gasteiger partial charge in [0.25, 0.3) is 5.91 Å². The molecular formula is C19H15N3O2. The van der Waals surface area contributed by atoms with Gasteiger partial charge < -0.3 is 9.88 Å². The van der Waals surface area contributed by atoms with Gasteiger partial charge >= 0.3 is 0 Å². The summed E-state index contributed by atoms with van der Waals surface area (Å²) in [7, 11) is 0.